The van der Waals surface area contributed by atoms with E-state index in [1.165, 1.54) is 11.3 Å². The monoisotopic (exact) mass is 549 g/mol. The van der Waals surface area contributed by atoms with Crippen molar-refractivity contribution in [2.75, 3.05) is 6.61 Å². The van der Waals surface area contributed by atoms with Crippen LogP contribution in [0.4, 0.5) is 0 Å². The fraction of sp³-hybridized carbons (Fsp3) is 0.304. The van der Waals surface area contributed by atoms with Gasteiger partial charge in [-0.15, -0.1) is 0 Å². The maximum absolute atomic E-state index is 12.0. The lowest BCUT2D eigenvalue weighted by Gasteiger charge is -2.23. The van der Waals surface area contributed by atoms with Crippen molar-refractivity contribution in [3.05, 3.63) is 59.0 Å². The van der Waals surface area contributed by atoms with Crippen LogP contribution in [0.25, 0.3) is 33.3 Å². The number of hydrogen-bond donors (Lipinski definition) is 4. The average Bonchev–Trinajstić information content (AvgIpc) is 3.51. The molecule has 1 saturated heterocycles. The SMILES string of the molecule is O=P(O)(O)C(Cc1cc(-c2ccc3c(cnn3C3CCCCO3)c2)cnc1-c1ccsc1)P(=O)(O)O. The minimum Gasteiger partial charge on any atom is -0.356 e. The van der Waals surface area contributed by atoms with Crippen LogP contribution in [0.1, 0.15) is 31.1 Å². The highest BCUT2D eigenvalue weighted by Crippen LogP contribution is 2.61. The van der Waals surface area contributed by atoms with Crippen molar-refractivity contribution in [1.29, 1.82) is 0 Å². The van der Waals surface area contributed by atoms with Crippen LogP contribution in [-0.4, -0.2) is 46.3 Å². The van der Waals surface area contributed by atoms with E-state index in [2.05, 4.69) is 10.1 Å². The zero-order chi connectivity index (χ0) is 25.5. The van der Waals surface area contributed by atoms with Crippen molar-refractivity contribution in [2.24, 2.45) is 0 Å². The van der Waals surface area contributed by atoms with E-state index >= 15 is 0 Å². The second-order valence-corrected chi connectivity index (χ2v) is 13.6. The predicted octanol–water partition coefficient (Wildman–Crippen LogP) is 4.75. The van der Waals surface area contributed by atoms with Gasteiger partial charge in [0.1, 0.15) is 0 Å². The standard InChI is InChI=1S/C23H25N3O7P2S/c27-34(28,29)22(35(30,31)32)11-17-10-18(12-24-23(17)16-6-8-36-14-16)15-4-5-20-19(9-15)13-25-26(20)21-3-1-2-7-33-21/h4-6,8-10,12-14,21-22H,1-3,7,11H2,(H2,27,28,29)(H2,30,31,32). The highest BCUT2D eigenvalue weighted by Gasteiger charge is 2.43. The van der Waals surface area contributed by atoms with E-state index in [9.17, 15) is 28.7 Å². The Morgan fingerprint density at radius 3 is 2.50 bits per heavy atom. The molecule has 1 fully saturated rings. The topological polar surface area (TPSA) is 155 Å². The fourth-order valence-electron chi connectivity index (χ4n) is 4.49. The molecule has 3 aromatic heterocycles. The van der Waals surface area contributed by atoms with Gasteiger partial charge in [0.25, 0.3) is 0 Å². The molecule has 1 atom stereocenters. The van der Waals surface area contributed by atoms with E-state index in [0.717, 1.165) is 35.7 Å². The molecule has 0 bridgehead atoms. The van der Waals surface area contributed by atoms with Crippen LogP contribution in [-0.2, 0) is 20.3 Å². The Labute approximate surface area is 210 Å². The molecule has 0 saturated carbocycles. The highest BCUT2D eigenvalue weighted by molar-refractivity contribution is 7.70. The van der Waals surface area contributed by atoms with Gasteiger partial charge in [0.05, 0.1) is 17.4 Å². The van der Waals surface area contributed by atoms with Gasteiger partial charge in [-0.05, 0) is 60.0 Å². The fourth-order valence-corrected chi connectivity index (χ4v) is 7.57. The molecule has 0 spiro atoms. The summed E-state index contributed by atoms with van der Waals surface area (Å²) in [6, 6.07) is 9.27. The summed E-state index contributed by atoms with van der Waals surface area (Å²) in [7, 11) is -10.2. The molecule has 0 amide bonds. The van der Waals surface area contributed by atoms with Gasteiger partial charge in [-0.3, -0.25) is 14.1 Å². The van der Waals surface area contributed by atoms with Crippen LogP contribution >= 0.6 is 26.5 Å². The van der Waals surface area contributed by atoms with Crippen molar-refractivity contribution in [1.82, 2.24) is 14.8 Å². The third-order valence-corrected chi connectivity index (χ3v) is 10.7. The Morgan fingerprint density at radius 2 is 1.83 bits per heavy atom. The highest BCUT2D eigenvalue weighted by atomic mass is 32.1. The molecule has 1 unspecified atom stereocenters. The Hall–Kier alpha value is -2.20. The first kappa shape index (κ1) is 25.4. The zero-order valence-corrected chi connectivity index (χ0v) is 21.6. The first-order valence-corrected chi connectivity index (χ1v) is 15.6. The molecule has 5 rings (SSSR count). The number of pyridine rings is 1. The molecule has 190 valence electrons. The molecule has 4 aromatic rings. The maximum atomic E-state index is 12.0. The molecule has 1 aromatic carbocycles. The van der Waals surface area contributed by atoms with Gasteiger partial charge in [0, 0.05) is 41.1 Å². The molecule has 13 heteroatoms. The third-order valence-electron chi connectivity index (χ3n) is 6.30. The molecular weight excluding hydrogens is 524 g/mol. The molecule has 0 aliphatic carbocycles. The summed E-state index contributed by atoms with van der Waals surface area (Å²) < 4.78 is 31.7. The largest absolute Gasteiger partial charge is 0.356 e. The van der Waals surface area contributed by atoms with E-state index in [1.807, 2.05) is 33.6 Å². The summed E-state index contributed by atoms with van der Waals surface area (Å²) in [6.45, 7) is 0.708. The van der Waals surface area contributed by atoms with Crippen molar-refractivity contribution < 1.29 is 33.4 Å². The van der Waals surface area contributed by atoms with Crippen molar-refractivity contribution >= 4 is 37.4 Å². The number of thiophene rings is 1. The number of benzene rings is 1. The van der Waals surface area contributed by atoms with Gasteiger partial charge in [0.15, 0.2) is 11.6 Å². The average molecular weight is 549 g/mol. The normalized spacial score (nSPS) is 17.2. The number of fused-ring (bicyclic) bond motifs is 1. The molecular formula is C23H25N3O7P2S. The Bertz CT molecular complexity index is 1450. The summed E-state index contributed by atoms with van der Waals surface area (Å²) >= 11 is 1.42. The van der Waals surface area contributed by atoms with Gasteiger partial charge in [-0.1, -0.05) is 6.07 Å². The van der Waals surface area contributed by atoms with E-state index in [4.69, 9.17) is 4.74 Å². The molecule has 4 N–H and O–H groups in total. The minimum absolute atomic E-state index is 0.0995. The number of hydrogen-bond acceptors (Lipinski definition) is 6. The quantitative estimate of drug-likeness (QED) is 0.239. The van der Waals surface area contributed by atoms with Crippen molar-refractivity contribution in [2.45, 2.75) is 37.3 Å². The van der Waals surface area contributed by atoms with Crippen LogP contribution < -0.4 is 0 Å². The van der Waals surface area contributed by atoms with Gasteiger partial charge < -0.3 is 24.3 Å². The minimum atomic E-state index is -5.10. The van der Waals surface area contributed by atoms with E-state index in [1.54, 1.807) is 24.5 Å². The van der Waals surface area contributed by atoms with Gasteiger partial charge in [0.2, 0.25) is 0 Å². The molecule has 0 radical (unpaired) electrons. The lowest BCUT2D eigenvalue weighted by Crippen LogP contribution is -2.18. The smallest absolute Gasteiger partial charge is 0.341 e. The summed E-state index contributed by atoms with van der Waals surface area (Å²) in [5, 5.41) is 6.91. The Morgan fingerprint density at radius 1 is 1.03 bits per heavy atom. The summed E-state index contributed by atoms with van der Waals surface area (Å²) in [4.78, 5) is 43.3. The summed E-state index contributed by atoms with van der Waals surface area (Å²) in [5.74, 6) is 0. The number of nitrogens with zero attached hydrogens (tertiary/aromatic N) is 3. The maximum Gasteiger partial charge on any atom is 0.341 e. The number of ether oxygens (including phenoxy) is 1. The molecule has 10 nitrogen and oxygen atoms in total. The number of rotatable bonds is 7. The molecule has 1 aliphatic rings. The van der Waals surface area contributed by atoms with Crippen LogP contribution in [0.15, 0.2) is 53.5 Å². The van der Waals surface area contributed by atoms with Crippen LogP contribution in [0.5, 0.6) is 0 Å². The second kappa shape index (κ2) is 9.93. The first-order chi connectivity index (χ1) is 17.1. The predicted molar refractivity (Wildman–Crippen MR) is 137 cm³/mol. The number of aromatic nitrogens is 3. The van der Waals surface area contributed by atoms with Gasteiger partial charge in [-0.25, -0.2) is 4.68 Å². The zero-order valence-electron chi connectivity index (χ0n) is 19.0. The van der Waals surface area contributed by atoms with Crippen LogP contribution in [0.3, 0.4) is 0 Å². The summed E-state index contributed by atoms with van der Waals surface area (Å²) in [5.41, 5.74) is 3.85. The van der Waals surface area contributed by atoms with E-state index < -0.39 is 27.0 Å². The summed E-state index contributed by atoms with van der Waals surface area (Å²) in [6.07, 6.45) is 5.81. The Balaban J connectivity index is 1.55. The van der Waals surface area contributed by atoms with E-state index in [0.29, 0.717) is 29.0 Å². The lowest BCUT2D eigenvalue weighted by atomic mass is 10.00. The lowest BCUT2D eigenvalue weighted by molar-refractivity contribution is -0.0366. The van der Waals surface area contributed by atoms with Crippen LogP contribution in [0.2, 0.25) is 0 Å². The van der Waals surface area contributed by atoms with Crippen molar-refractivity contribution in [3.8, 4) is 22.4 Å². The third kappa shape index (κ3) is 5.25. The Kier molecular flexibility index (Phi) is 7.02. The second-order valence-electron chi connectivity index (χ2n) is 8.79. The van der Waals surface area contributed by atoms with Crippen molar-refractivity contribution in [3.63, 3.8) is 0 Å². The first-order valence-electron chi connectivity index (χ1n) is 11.3. The van der Waals surface area contributed by atoms with Gasteiger partial charge >= 0.3 is 15.2 Å². The van der Waals surface area contributed by atoms with Crippen LogP contribution in [0, 0.1) is 0 Å². The molecule has 1 aliphatic heterocycles. The molecule has 4 heterocycles. The van der Waals surface area contributed by atoms with Gasteiger partial charge in [-0.2, -0.15) is 16.4 Å². The van der Waals surface area contributed by atoms with E-state index in [-0.39, 0.29) is 6.23 Å². The molecule has 36 heavy (non-hydrogen) atoms.